The quantitative estimate of drug-likeness (QED) is 0.784. The van der Waals surface area contributed by atoms with Crippen LogP contribution in [-0.2, 0) is 6.42 Å². The van der Waals surface area contributed by atoms with Crippen molar-refractivity contribution in [1.82, 2.24) is 5.32 Å². The first-order valence-corrected chi connectivity index (χ1v) is 7.16. The van der Waals surface area contributed by atoms with E-state index in [-0.39, 0.29) is 0 Å². The van der Waals surface area contributed by atoms with Crippen LogP contribution in [0, 0.1) is 5.41 Å². The summed E-state index contributed by atoms with van der Waals surface area (Å²) in [5, 5.41) is 3.75. The molecular weight excluding hydrogens is 220 g/mol. The van der Waals surface area contributed by atoms with Crippen molar-refractivity contribution in [3.05, 3.63) is 35.4 Å². The van der Waals surface area contributed by atoms with E-state index in [1.54, 1.807) is 0 Å². The van der Waals surface area contributed by atoms with E-state index in [0.29, 0.717) is 11.5 Å². The van der Waals surface area contributed by atoms with Crippen LogP contribution < -0.4 is 11.1 Å². The molecule has 1 atom stereocenters. The zero-order chi connectivity index (χ0) is 13.0. The minimum atomic E-state index is 0.344. The van der Waals surface area contributed by atoms with Gasteiger partial charge in [0.2, 0.25) is 0 Å². The van der Waals surface area contributed by atoms with E-state index >= 15 is 0 Å². The van der Waals surface area contributed by atoms with Gasteiger partial charge in [0, 0.05) is 6.04 Å². The molecule has 2 heteroatoms. The van der Waals surface area contributed by atoms with Crippen LogP contribution in [0.2, 0.25) is 0 Å². The molecule has 1 unspecified atom stereocenters. The Balaban J connectivity index is 2.09. The van der Waals surface area contributed by atoms with Gasteiger partial charge in [0.15, 0.2) is 0 Å². The Morgan fingerprint density at radius 1 is 1.28 bits per heavy atom. The van der Waals surface area contributed by atoms with E-state index in [1.165, 1.54) is 30.4 Å². The molecule has 18 heavy (non-hydrogen) atoms. The fraction of sp³-hybridized carbons (Fsp3) is 0.625. The maximum atomic E-state index is 5.55. The second-order valence-electron chi connectivity index (χ2n) is 6.07. The standard InChI is InChI=1S/C16H26N2/c1-16(2)10-9-13-7-3-4-8-14(13)15(16)18-12-6-5-11-17/h3-4,7-8,15,18H,5-6,9-12,17H2,1-2H3. The first-order valence-electron chi connectivity index (χ1n) is 7.16. The van der Waals surface area contributed by atoms with Gasteiger partial charge in [-0.05, 0) is 55.3 Å². The average molecular weight is 246 g/mol. The van der Waals surface area contributed by atoms with E-state index in [0.717, 1.165) is 19.5 Å². The summed E-state index contributed by atoms with van der Waals surface area (Å²) in [7, 11) is 0. The van der Waals surface area contributed by atoms with Crippen molar-refractivity contribution in [2.75, 3.05) is 13.1 Å². The van der Waals surface area contributed by atoms with Gasteiger partial charge in [-0.25, -0.2) is 0 Å². The predicted octanol–water partition coefficient (Wildman–Crippen LogP) is 3.03. The third-order valence-corrected chi connectivity index (χ3v) is 4.17. The molecule has 100 valence electrons. The molecule has 1 aliphatic rings. The molecule has 0 saturated heterocycles. The first-order chi connectivity index (χ1) is 8.65. The smallest absolute Gasteiger partial charge is 0.0374 e. The molecule has 0 spiro atoms. The summed E-state index contributed by atoms with van der Waals surface area (Å²) in [6, 6.07) is 9.37. The van der Waals surface area contributed by atoms with Gasteiger partial charge in [0.05, 0.1) is 0 Å². The summed E-state index contributed by atoms with van der Waals surface area (Å²) >= 11 is 0. The minimum absolute atomic E-state index is 0.344. The summed E-state index contributed by atoms with van der Waals surface area (Å²) < 4.78 is 0. The number of rotatable bonds is 5. The molecule has 0 radical (unpaired) electrons. The highest BCUT2D eigenvalue weighted by molar-refractivity contribution is 5.34. The van der Waals surface area contributed by atoms with Gasteiger partial charge < -0.3 is 11.1 Å². The van der Waals surface area contributed by atoms with Crippen LogP contribution in [-0.4, -0.2) is 13.1 Å². The van der Waals surface area contributed by atoms with Crippen molar-refractivity contribution in [1.29, 1.82) is 0 Å². The summed E-state index contributed by atoms with van der Waals surface area (Å²) in [5.41, 5.74) is 8.92. The van der Waals surface area contributed by atoms with Crippen LogP contribution in [0.15, 0.2) is 24.3 Å². The summed E-state index contributed by atoms with van der Waals surface area (Å²) in [5.74, 6) is 0. The monoisotopic (exact) mass is 246 g/mol. The zero-order valence-electron chi connectivity index (χ0n) is 11.7. The van der Waals surface area contributed by atoms with Crippen molar-refractivity contribution in [3.63, 3.8) is 0 Å². The minimum Gasteiger partial charge on any atom is -0.330 e. The largest absolute Gasteiger partial charge is 0.330 e. The van der Waals surface area contributed by atoms with Crippen LogP contribution in [0.3, 0.4) is 0 Å². The van der Waals surface area contributed by atoms with Gasteiger partial charge in [-0.3, -0.25) is 0 Å². The van der Waals surface area contributed by atoms with Gasteiger partial charge in [-0.2, -0.15) is 0 Å². The molecule has 3 N–H and O–H groups in total. The number of fused-ring (bicyclic) bond motifs is 1. The Kier molecular flexibility index (Phi) is 4.41. The van der Waals surface area contributed by atoms with Crippen molar-refractivity contribution in [2.24, 2.45) is 11.1 Å². The predicted molar refractivity (Wildman–Crippen MR) is 77.6 cm³/mol. The van der Waals surface area contributed by atoms with E-state index in [9.17, 15) is 0 Å². The topological polar surface area (TPSA) is 38.0 Å². The molecule has 0 saturated carbocycles. The summed E-state index contributed by atoms with van der Waals surface area (Å²) in [6.07, 6.45) is 4.76. The number of hydrogen-bond acceptors (Lipinski definition) is 2. The molecule has 2 nitrogen and oxygen atoms in total. The molecule has 1 aromatic carbocycles. The third kappa shape index (κ3) is 2.93. The fourth-order valence-corrected chi connectivity index (χ4v) is 2.97. The van der Waals surface area contributed by atoms with E-state index in [4.69, 9.17) is 5.73 Å². The third-order valence-electron chi connectivity index (χ3n) is 4.17. The van der Waals surface area contributed by atoms with E-state index in [1.807, 2.05) is 0 Å². The Bertz CT molecular complexity index is 384. The number of nitrogens with one attached hydrogen (secondary N) is 1. The molecular formula is C16H26N2. The fourth-order valence-electron chi connectivity index (χ4n) is 2.97. The molecule has 2 rings (SSSR count). The molecule has 0 bridgehead atoms. The lowest BCUT2D eigenvalue weighted by Gasteiger charge is -2.40. The Hall–Kier alpha value is -0.860. The number of unbranched alkanes of at least 4 members (excludes halogenated alkanes) is 1. The number of hydrogen-bond donors (Lipinski definition) is 2. The van der Waals surface area contributed by atoms with Gasteiger partial charge in [-0.15, -0.1) is 0 Å². The SMILES string of the molecule is CC1(C)CCc2ccccc2C1NCCCCN. The highest BCUT2D eigenvalue weighted by atomic mass is 14.9. The Labute approximate surface area is 111 Å². The first kappa shape index (κ1) is 13.6. The second-order valence-corrected chi connectivity index (χ2v) is 6.07. The van der Waals surface area contributed by atoms with E-state index < -0.39 is 0 Å². The van der Waals surface area contributed by atoms with Crippen molar-refractivity contribution in [3.8, 4) is 0 Å². The molecule has 1 aromatic rings. The highest BCUT2D eigenvalue weighted by Gasteiger charge is 2.34. The summed E-state index contributed by atoms with van der Waals surface area (Å²) in [4.78, 5) is 0. The summed E-state index contributed by atoms with van der Waals surface area (Å²) in [6.45, 7) is 6.62. The van der Waals surface area contributed by atoms with Gasteiger partial charge in [-0.1, -0.05) is 38.1 Å². The van der Waals surface area contributed by atoms with Gasteiger partial charge in [0.1, 0.15) is 0 Å². The Morgan fingerprint density at radius 2 is 2.06 bits per heavy atom. The van der Waals surface area contributed by atoms with Gasteiger partial charge in [0.25, 0.3) is 0 Å². The van der Waals surface area contributed by atoms with Gasteiger partial charge >= 0.3 is 0 Å². The lowest BCUT2D eigenvalue weighted by molar-refractivity contribution is 0.209. The van der Waals surface area contributed by atoms with Crippen LogP contribution in [0.4, 0.5) is 0 Å². The van der Waals surface area contributed by atoms with Crippen molar-refractivity contribution >= 4 is 0 Å². The number of benzene rings is 1. The van der Waals surface area contributed by atoms with E-state index in [2.05, 4.69) is 43.4 Å². The second kappa shape index (κ2) is 5.85. The molecule has 0 aliphatic heterocycles. The molecule has 0 heterocycles. The average Bonchev–Trinajstić information content (AvgIpc) is 2.36. The molecule has 0 amide bonds. The molecule has 0 fully saturated rings. The van der Waals surface area contributed by atoms with Crippen LogP contribution in [0.5, 0.6) is 0 Å². The van der Waals surface area contributed by atoms with Crippen molar-refractivity contribution < 1.29 is 0 Å². The number of aryl methyl sites for hydroxylation is 1. The van der Waals surface area contributed by atoms with Crippen LogP contribution in [0.25, 0.3) is 0 Å². The maximum Gasteiger partial charge on any atom is 0.0374 e. The number of nitrogens with two attached hydrogens (primary N) is 1. The highest BCUT2D eigenvalue weighted by Crippen LogP contribution is 2.43. The van der Waals surface area contributed by atoms with Crippen molar-refractivity contribution in [2.45, 2.75) is 45.6 Å². The Morgan fingerprint density at radius 3 is 2.83 bits per heavy atom. The lowest BCUT2D eigenvalue weighted by atomic mass is 9.70. The normalized spacial score (nSPS) is 21.6. The molecule has 1 aliphatic carbocycles. The lowest BCUT2D eigenvalue weighted by Crippen LogP contribution is -2.38. The van der Waals surface area contributed by atoms with Crippen LogP contribution in [0.1, 0.15) is 50.3 Å². The zero-order valence-corrected chi connectivity index (χ0v) is 11.7. The molecule has 0 aromatic heterocycles. The van der Waals surface area contributed by atoms with Crippen LogP contribution >= 0.6 is 0 Å². The maximum absolute atomic E-state index is 5.55.